The highest BCUT2D eigenvalue weighted by Crippen LogP contribution is 2.42. The van der Waals surface area contributed by atoms with Gasteiger partial charge in [0.05, 0.1) is 9.79 Å². The first kappa shape index (κ1) is 22.9. The lowest BCUT2D eigenvalue weighted by Crippen LogP contribution is -2.58. The normalized spacial score (nSPS) is 19.7. The summed E-state index contributed by atoms with van der Waals surface area (Å²) in [5.41, 5.74) is 0.973. The van der Waals surface area contributed by atoms with Crippen molar-refractivity contribution in [2.75, 3.05) is 26.2 Å². The number of piperazine rings is 1. The predicted octanol–water partition coefficient (Wildman–Crippen LogP) is 2.61. The van der Waals surface area contributed by atoms with E-state index in [1.165, 1.54) is 21.3 Å². The quantitative estimate of drug-likeness (QED) is 0.662. The van der Waals surface area contributed by atoms with Gasteiger partial charge in [0.2, 0.25) is 15.9 Å². The zero-order valence-electron chi connectivity index (χ0n) is 18.1. The molecule has 7 nitrogen and oxygen atoms in total. The number of sulfone groups is 1. The first-order valence-corrected chi connectivity index (χ1v) is 13.8. The molecule has 172 valence electrons. The lowest BCUT2D eigenvalue weighted by molar-refractivity contribution is -0.135. The maximum Gasteiger partial charge on any atom is 0.244 e. The molecule has 0 spiro atoms. The van der Waals surface area contributed by atoms with Gasteiger partial charge >= 0.3 is 0 Å². The van der Waals surface area contributed by atoms with Crippen LogP contribution in [0.3, 0.4) is 0 Å². The third kappa shape index (κ3) is 3.86. The maximum atomic E-state index is 13.6. The van der Waals surface area contributed by atoms with Crippen LogP contribution in [0.2, 0.25) is 0 Å². The molecular formula is C23H28N2O5S2. The number of aryl methyl sites for hydroxylation is 1. The summed E-state index contributed by atoms with van der Waals surface area (Å²) in [5, 5.41) is 0. The van der Waals surface area contributed by atoms with Crippen LogP contribution in [0.4, 0.5) is 0 Å². The summed E-state index contributed by atoms with van der Waals surface area (Å²) >= 11 is 0. The van der Waals surface area contributed by atoms with Crippen LogP contribution in [0.25, 0.3) is 0 Å². The maximum absolute atomic E-state index is 13.6. The van der Waals surface area contributed by atoms with Crippen molar-refractivity contribution in [2.45, 2.75) is 47.1 Å². The Morgan fingerprint density at radius 3 is 1.91 bits per heavy atom. The fraction of sp³-hybridized carbons (Fsp3) is 0.435. The molecule has 1 saturated heterocycles. The number of hydrogen-bond acceptors (Lipinski definition) is 5. The lowest BCUT2D eigenvalue weighted by atomic mass is 10.0. The van der Waals surface area contributed by atoms with Gasteiger partial charge < -0.3 is 4.90 Å². The van der Waals surface area contributed by atoms with E-state index in [1.54, 1.807) is 42.5 Å². The Labute approximate surface area is 190 Å². The van der Waals surface area contributed by atoms with Crippen LogP contribution in [-0.4, -0.2) is 62.9 Å². The molecule has 0 aromatic heterocycles. The minimum Gasteiger partial charge on any atom is -0.339 e. The number of nitrogens with zero attached hydrogens (tertiary/aromatic N) is 2. The average molecular weight is 477 g/mol. The number of rotatable bonds is 5. The second-order valence-corrected chi connectivity index (χ2v) is 12.7. The molecule has 2 fully saturated rings. The highest BCUT2D eigenvalue weighted by Gasteiger charge is 2.54. The fourth-order valence-corrected chi connectivity index (χ4v) is 8.22. The van der Waals surface area contributed by atoms with E-state index in [-0.39, 0.29) is 36.0 Å². The van der Waals surface area contributed by atoms with Gasteiger partial charge in [-0.2, -0.15) is 4.31 Å². The van der Waals surface area contributed by atoms with E-state index in [0.717, 1.165) is 5.56 Å². The van der Waals surface area contributed by atoms with Crippen molar-refractivity contribution < 1.29 is 21.6 Å². The number of hydrogen-bond donors (Lipinski definition) is 0. The van der Waals surface area contributed by atoms with Gasteiger partial charge in [-0.05, 0) is 44.0 Å². The van der Waals surface area contributed by atoms with E-state index in [9.17, 15) is 21.6 Å². The summed E-state index contributed by atoms with van der Waals surface area (Å²) < 4.78 is 52.9. The van der Waals surface area contributed by atoms with Crippen LogP contribution in [0.15, 0.2) is 64.4 Å². The molecule has 9 heteroatoms. The summed E-state index contributed by atoms with van der Waals surface area (Å²) in [7, 11) is -7.52. The second-order valence-electron chi connectivity index (χ2n) is 8.53. The van der Waals surface area contributed by atoms with Gasteiger partial charge in [-0.1, -0.05) is 48.7 Å². The van der Waals surface area contributed by atoms with Gasteiger partial charge in [-0.3, -0.25) is 4.79 Å². The Balaban J connectivity index is 1.54. The van der Waals surface area contributed by atoms with Crippen LogP contribution in [0.1, 0.15) is 31.2 Å². The molecule has 2 aliphatic rings. The van der Waals surface area contributed by atoms with E-state index < -0.39 is 30.5 Å². The summed E-state index contributed by atoms with van der Waals surface area (Å²) in [4.78, 5) is 15.5. The third-order valence-electron chi connectivity index (χ3n) is 6.55. The van der Waals surface area contributed by atoms with E-state index in [2.05, 4.69) is 0 Å². The summed E-state index contributed by atoms with van der Waals surface area (Å²) in [6.45, 7) is 2.53. The second kappa shape index (κ2) is 8.61. The van der Waals surface area contributed by atoms with E-state index >= 15 is 0 Å². The first-order valence-electron chi connectivity index (χ1n) is 10.8. The highest BCUT2D eigenvalue weighted by molar-refractivity contribution is 7.93. The SMILES string of the molecule is Cc1ccc(S(=O)(=O)N2CCN(C(=O)C3(S(=O)(=O)c4ccccc4)CCCC3)CC2)cc1. The number of carbonyl (C=O) groups is 1. The molecule has 1 saturated carbocycles. The molecule has 0 unspecified atom stereocenters. The Hall–Kier alpha value is -2.23. The van der Waals surface area contributed by atoms with Crippen LogP contribution >= 0.6 is 0 Å². The number of amides is 1. The monoisotopic (exact) mass is 476 g/mol. The highest BCUT2D eigenvalue weighted by atomic mass is 32.2. The minimum atomic E-state index is -3.86. The Kier molecular flexibility index (Phi) is 6.17. The smallest absolute Gasteiger partial charge is 0.244 e. The van der Waals surface area contributed by atoms with Gasteiger partial charge in [-0.15, -0.1) is 0 Å². The molecule has 0 N–H and O–H groups in total. The molecule has 1 aliphatic heterocycles. The Bertz CT molecular complexity index is 1180. The summed E-state index contributed by atoms with van der Waals surface area (Å²) in [5.74, 6) is -0.397. The zero-order chi connectivity index (χ0) is 23.0. The molecule has 32 heavy (non-hydrogen) atoms. The van der Waals surface area contributed by atoms with Crippen molar-refractivity contribution in [3.8, 4) is 0 Å². The van der Waals surface area contributed by atoms with E-state index in [4.69, 9.17) is 0 Å². The number of carbonyl (C=O) groups excluding carboxylic acids is 1. The molecular weight excluding hydrogens is 448 g/mol. The third-order valence-corrected chi connectivity index (χ3v) is 11.0. The minimum absolute atomic E-state index is 0.142. The van der Waals surface area contributed by atoms with Crippen molar-refractivity contribution in [3.63, 3.8) is 0 Å². The molecule has 4 rings (SSSR count). The Morgan fingerprint density at radius 1 is 0.781 bits per heavy atom. The van der Waals surface area contributed by atoms with E-state index in [0.29, 0.717) is 25.7 Å². The zero-order valence-corrected chi connectivity index (χ0v) is 19.7. The molecule has 1 amide bonds. The summed E-state index contributed by atoms with van der Waals surface area (Å²) in [6, 6.07) is 14.8. The predicted molar refractivity (Wildman–Crippen MR) is 121 cm³/mol. The van der Waals surface area contributed by atoms with Gasteiger partial charge in [0.1, 0.15) is 0 Å². The van der Waals surface area contributed by atoms with E-state index in [1.807, 2.05) is 6.92 Å². The van der Waals surface area contributed by atoms with Crippen LogP contribution in [-0.2, 0) is 24.7 Å². The largest absolute Gasteiger partial charge is 0.339 e. The topological polar surface area (TPSA) is 91.8 Å². The van der Waals surface area contributed by atoms with Crippen molar-refractivity contribution in [1.82, 2.24) is 9.21 Å². The molecule has 0 bridgehead atoms. The molecule has 1 heterocycles. The summed E-state index contributed by atoms with van der Waals surface area (Å²) in [6.07, 6.45) is 1.95. The molecule has 0 atom stereocenters. The standard InChI is InChI=1S/C23H28N2O5S2/c1-19-9-11-21(12-10-19)32(29,30)25-17-15-24(16-18-25)22(26)23(13-5-6-14-23)31(27,28)20-7-3-2-4-8-20/h2-4,7-12H,5-6,13-18H2,1H3. The average Bonchev–Trinajstić information content (AvgIpc) is 3.31. The van der Waals surface area contributed by atoms with Gasteiger partial charge in [0, 0.05) is 26.2 Å². The molecule has 1 aliphatic carbocycles. The molecule has 2 aromatic rings. The van der Waals surface area contributed by atoms with Crippen LogP contribution in [0.5, 0.6) is 0 Å². The fourth-order valence-electron chi connectivity index (χ4n) is 4.65. The molecule has 0 radical (unpaired) electrons. The first-order chi connectivity index (χ1) is 15.2. The van der Waals surface area contributed by atoms with Crippen LogP contribution < -0.4 is 0 Å². The lowest BCUT2D eigenvalue weighted by Gasteiger charge is -2.39. The van der Waals surface area contributed by atoms with Crippen molar-refractivity contribution in [1.29, 1.82) is 0 Å². The van der Waals surface area contributed by atoms with Gasteiger partial charge in [0.15, 0.2) is 14.6 Å². The van der Waals surface area contributed by atoms with Crippen LogP contribution in [0, 0.1) is 6.92 Å². The Morgan fingerprint density at radius 2 is 1.34 bits per heavy atom. The van der Waals surface area contributed by atoms with Gasteiger partial charge in [0.25, 0.3) is 0 Å². The van der Waals surface area contributed by atoms with Gasteiger partial charge in [-0.25, -0.2) is 16.8 Å². The molecule has 2 aromatic carbocycles. The van der Waals surface area contributed by atoms with Crippen molar-refractivity contribution >= 4 is 25.8 Å². The van der Waals surface area contributed by atoms with Crippen molar-refractivity contribution in [3.05, 3.63) is 60.2 Å². The number of sulfonamides is 1. The van der Waals surface area contributed by atoms with Crippen molar-refractivity contribution in [2.24, 2.45) is 0 Å². The number of benzene rings is 2.